The number of hydrogen-bond donors (Lipinski definition) is 3. The van der Waals surface area contributed by atoms with E-state index in [2.05, 4.69) is 12.6 Å². The largest absolute Gasteiger partial charge is 0.480 e. The van der Waals surface area contributed by atoms with Gasteiger partial charge in [-0.3, -0.25) is 4.79 Å². The Labute approximate surface area is 141 Å². The average Bonchev–Trinajstić information content (AvgIpc) is 2.87. The van der Waals surface area contributed by atoms with Crippen LogP contribution in [0.1, 0.15) is 12.0 Å². The topological polar surface area (TPSA) is 77.8 Å². The molecule has 1 heterocycles. The van der Waals surface area contributed by atoms with Gasteiger partial charge in [0.25, 0.3) is 0 Å². The number of aliphatic carboxylic acids is 1. The standard InChI is InChI=1S/C15H16F3NO4S/c16-15(17,18)10(7-24)12(20)19-8-14(23,6-11(19)13(21)22)9-4-2-1-3-5-9/h1-5,10-11,23-24H,6-8H2,(H,21,22)/t10?,11-,14?/m0/s1. The fraction of sp³-hybridized carbons (Fsp3) is 0.467. The number of β-amino-alcohol motifs (C(OH)–C–C–N with tert-alkyl or cyclic N) is 1. The fourth-order valence-electron chi connectivity index (χ4n) is 2.82. The van der Waals surface area contributed by atoms with Gasteiger partial charge in [0, 0.05) is 12.2 Å². The van der Waals surface area contributed by atoms with E-state index in [9.17, 15) is 33.0 Å². The van der Waals surface area contributed by atoms with Gasteiger partial charge in [-0.1, -0.05) is 30.3 Å². The Bertz CT molecular complexity index is 625. The molecule has 0 aromatic heterocycles. The molecule has 1 aromatic rings. The first-order valence-electron chi connectivity index (χ1n) is 7.09. The number of benzene rings is 1. The number of rotatable bonds is 4. The lowest BCUT2D eigenvalue weighted by molar-refractivity contribution is -0.186. The van der Waals surface area contributed by atoms with Crippen molar-refractivity contribution in [2.24, 2.45) is 5.92 Å². The van der Waals surface area contributed by atoms with Crippen LogP contribution in [0.3, 0.4) is 0 Å². The number of carboxylic acids is 1. The van der Waals surface area contributed by atoms with Crippen LogP contribution in [0, 0.1) is 5.92 Å². The van der Waals surface area contributed by atoms with Gasteiger partial charge in [0.1, 0.15) is 17.6 Å². The summed E-state index contributed by atoms with van der Waals surface area (Å²) in [6.45, 7) is -0.521. The molecule has 0 radical (unpaired) electrons. The van der Waals surface area contributed by atoms with Gasteiger partial charge in [-0.25, -0.2) is 4.79 Å². The molecule has 1 fully saturated rings. The zero-order valence-electron chi connectivity index (χ0n) is 12.4. The SMILES string of the molecule is O=C(O)[C@@H]1CC(O)(c2ccccc2)CN1C(=O)C(CS)C(F)(F)F. The maximum Gasteiger partial charge on any atom is 0.401 e. The molecule has 5 nitrogen and oxygen atoms in total. The third-order valence-corrected chi connectivity index (χ3v) is 4.46. The van der Waals surface area contributed by atoms with Crippen molar-refractivity contribution in [1.82, 2.24) is 4.90 Å². The Morgan fingerprint density at radius 2 is 1.92 bits per heavy atom. The predicted molar refractivity (Wildman–Crippen MR) is 81.5 cm³/mol. The van der Waals surface area contributed by atoms with Crippen molar-refractivity contribution >= 4 is 24.5 Å². The molecule has 0 aliphatic carbocycles. The van der Waals surface area contributed by atoms with Crippen LogP contribution in [0.4, 0.5) is 13.2 Å². The van der Waals surface area contributed by atoms with E-state index in [-0.39, 0.29) is 6.42 Å². The number of alkyl halides is 3. The smallest absolute Gasteiger partial charge is 0.401 e. The Morgan fingerprint density at radius 3 is 2.38 bits per heavy atom. The number of halogens is 3. The van der Waals surface area contributed by atoms with Gasteiger partial charge in [0.15, 0.2) is 0 Å². The number of carboxylic acid groups (broad SMARTS) is 1. The summed E-state index contributed by atoms with van der Waals surface area (Å²) in [6, 6.07) is 6.44. The van der Waals surface area contributed by atoms with Crippen molar-refractivity contribution in [1.29, 1.82) is 0 Å². The molecule has 0 saturated carbocycles. The summed E-state index contributed by atoms with van der Waals surface area (Å²) in [5.41, 5.74) is -1.37. The van der Waals surface area contributed by atoms with Gasteiger partial charge in [-0.05, 0) is 5.56 Å². The van der Waals surface area contributed by atoms with Crippen LogP contribution in [0.2, 0.25) is 0 Å². The molecule has 0 spiro atoms. The average molecular weight is 363 g/mol. The molecule has 0 bridgehead atoms. The van der Waals surface area contributed by atoms with Gasteiger partial charge in [-0.15, -0.1) is 0 Å². The number of likely N-dealkylation sites (tertiary alicyclic amines) is 1. The van der Waals surface area contributed by atoms with Gasteiger partial charge < -0.3 is 15.1 Å². The van der Waals surface area contributed by atoms with E-state index in [1.165, 1.54) is 12.1 Å². The van der Waals surface area contributed by atoms with Crippen molar-refractivity contribution < 1.29 is 33.0 Å². The van der Waals surface area contributed by atoms with E-state index < -0.39 is 47.9 Å². The number of nitrogens with zero attached hydrogens (tertiary/aromatic N) is 1. The zero-order valence-corrected chi connectivity index (χ0v) is 13.3. The number of amides is 1. The normalized spacial score (nSPS) is 25.5. The zero-order chi connectivity index (χ0) is 18.1. The number of hydrogen-bond acceptors (Lipinski definition) is 4. The summed E-state index contributed by atoms with van der Waals surface area (Å²) < 4.78 is 38.9. The molecule has 1 amide bonds. The van der Waals surface area contributed by atoms with Crippen LogP contribution in [-0.4, -0.2) is 51.5 Å². The number of carbonyl (C=O) groups excluding carboxylic acids is 1. The highest BCUT2D eigenvalue weighted by Crippen LogP contribution is 2.38. The molecule has 3 atom stereocenters. The first-order valence-corrected chi connectivity index (χ1v) is 7.72. The van der Waals surface area contributed by atoms with Crippen molar-refractivity contribution in [3.63, 3.8) is 0 Å². The quantitative estimate of drug-likeness (QED) is 0.711. The van der Waals surface area contributed by atoms with Crippen LogP contribution in [-0.2, 0) is 15.2 Å². The second-order valence-corrected chi connectivity index (χ2v) is 6.06. The molecular weight excluding hydrogens is 347 g/mol. The summed E-state index contributed by atoms with van der Waals surface area (Å²) >= 11 is 3.56. The van der Waals surface area contributed by atoms with Crippen molar-refractivity contribution in [3.8, 4) is 0 Å². The van der Waals surface area contributed by atoms with Gasteiger partial charge in [0.2, 0.25) is 5.91 Å². The van der Waals surface area contributed by atoms with Crippen LogP contribution in [0.15, 0.2) is 30.3 Å². The summed E-state index contributed by atoms with van der Waals surface area (Å²) in [6.07, 6.45) is -5.22. The Kier molecular flexibility index (Phi) is 5.14. The van der Waals surface area contributed by atoms with Crippen LogP contribution < -0.4 is 0 Å². The van der Waals surface area contributed by atoms with E-state index in [1.807, 2.05) is 0 Å². The van der Waals surface area contributed by atoms with Gasteiger partial charge in [0.05, 0.1) is 6.54 Å². The molecule has 2 unspecified atom stereocenters. The summed E-state index contributed by atoms with van der Waals surface area (Å²) in [4.78, 5) is 24.2. The maximum absolute atomic E-state index is 13.0. The van der Waals surface area contributed by atoms with Crippen molar-refractivity contribution in [2.75, 3.05) is 12.3 Å². The van der Waals surface area contributed by atoms with E-state index >= 15 is 0 Å². The highest BCUT2D eigenvalue weighted by Gasteiger charge is 2.54. The lowest BCUT2D eigenvalue weighted by Crippen LogP contribution is -2.48. The fourth-order valence-corrected chi connectivity index (χ4v) is 3.18. The minimum atomic E-state index is -4.84. The minimum absolute atomic E-state index is 0.348. The summed E-state index contributed by atoms with van der Waals surface area (Å²) in [7, 11) is 0. The highest BCUT2D eigenvalue weighted by atomic mass is 32.1. The third kappa shape index (κ3) is 3.51. The Morgan fingerprint density at radius 1 is 1.33 bits per heavy atom. The number of carbonyl (C=O) groups is 2. The first-order chi connectivity index (χ1) is 11.1. The van der Waals surface area contributed by atoms with Crippen LogP contribution in [0.5, 0.6) is 0 Å². The minimum Gasteiger partial charge on any atom is -0.480 e. The van der Waals surface area contributed by atoms with Crippen molar-refractivity contribution in [3.05, 3.63) is 35.9 Å². The van der Waals surface area contributed by atoms with Crippen molar-refractivity contribution in [2.45, 2.75) is 24.2 Å². The van der Waals surface area contributed by atoms with E-state index in [4.69, 9.17) is 0 Å². The predicted octanol–water partition coefficient (Wildman–Crippen LogP) is 1.67. The highest BCUT2D eigenvalue weighted by molar-refractivity contribution is 7.80. The molecule has 2 rings (SSSR count). The van der Waals surface area contributed by atoms with E-state index in [1.54, 1.807) is 18.2 Å². The molecule has 1 aliphatic heterocycles. The van der Waals surface area contributed by atoms with E-state index in [0.29, 0.717) is 10.5 Å². The first kappa shape index (κ1) is 18.6. The third-order valence-electron chi connectivity index (χ3n) is 4.09. The molecule has 24 heavy (non-hydrogen) atoms. The lowest BCUT2D eigenvalue weighted by Gasteiger charge is -2.28. The van der Waals surface area contributed by atoms with E-state index in [0.717, 1.165) is 0 Å². The number of aliphatic hydroxyl groups is 1. The Hall–Kier alpha value is -1.74. The molecule has 132 valence electrons. The number of thiol groups is 1. The van der Waals surface area contributed by atoms with Gasteiger partial charge >= 0.3 is 12.1 Å². The second-order valence-electron chi connectivity index (χ2n) is 5.70. The molecule has 1 aromatic carbocycles. The summed E-state index contributed by atoms with van der Waals surface area (Å²) in [5, 5.41) is 20.0. The Balaban J connectivity index is 2.35. The molecule has 9 heteroatoms. The van der Waals surface area contributed by atoms with Crippen LogP contribution >= 0.6 is 12.6 Å². The molecule has 2 N–H and O–H groups in total. The molecular formula is C15H16F3NO4S. The monoisotopic (exact) mass is 363 g/mol. The molecule has 1 aliphatic rings. The second kappa shape index (κ2) is 6.64. The van der Waals surface area contributed by atoms with Crippen LogP contribution in [0.25, 0.3) is 0 Å². The van der Waals surface area contributed by atoms with Gasteiger partial charge in [-0.2, -0.15) is 25.8 Å². The molecule has 1 saturated heterocycles. The summed E-state index contributed by atoms with van der Waals surface area (Å²) in [5.74, 6) is -6.07. The lowest BCUT2D eigenvalue weighted by atomic mass is 9.91. The maximum atomic E-state index is 13.0.